The number of halogens is 3. The van der Waals surface area contributed by atoms with Crippen molar-refractivity contribution < 1.29 is 27.9 Å². The van der Waals surface area contributed by atoms with E-state index in [1.807, 2.05) is 4.90 Å². The van der Waals surface area contributed by atoms with Crippen molar-refractivity contribution >= 4 is 17.5 Å². The molecule has 2 bridgehead atoms. The maximum absolute atomic E-state index is 12.4. The first-order valence-corrected chi connectivity index (χ1v) is 8.49. The van der Waals surface area contributed by atoms with Crippen molar-refractivity contribution in [3.8, 4) is 5.75 Å². The highest BCUT2D eigenvalue weighted by Gasteiger charge is 2.44. The number of nitrogens with one attached hydrogen (secondary N) is 1. The lowest BCUT2D eigenvalue weighted by Gasteiger charge is -2.35. The third kappa shape index (κ3) is 3.52. The normalized spacial score (nSPS) is 21.1. The minimum absolute atomic E-state index is 0.106. The smallest absolute Gasteiger partial charge is 0.406 e. The maximum Gasteiger partial charge on any atom is 0.573 e. The number of ether oxygens (including phenoxy) is 1. The van der Waals surface area contributed by atoms with E-state index in [2.05, 4.69) is 19.6 Å². The van der Waals surface area contributed by atoms with Gasteiger partial charge < -0.3 is 14.5 Å². The van der Waals surface area contributed by atoms with E-state index in [0.717, 1.165) is 6.42 Å². The van der Waals surface area contributed by atoms with Gasteiger partial charge in [-0.2, -0.15) is 0 Å². The molecule has 2 saturated heterocycles. The predicted octanol–water partition coefficient (Wildman–Crippen LogP) is 1.96. The summed E-state index contributed by atoms with van der Waals surface area (Å²) in [5.41, 5.74) is 2.33. The van der Waals surface area contributed by atoms with Crippen molar-refractivity contribution in [2.45, 2.75) is 24.9 Å². The van der Waals surface area contributed by atoms with Crippen LogP contribution < -0.4 is 20.0 Å². The van der Waals surface area contributed by atoms with Crippen LogP contribution in [0.1, 0.15) is 16.8 Å². The lowest BCUT2D eigenvalue weighted by atomic mass is 10.2. The maximum atomic E-state index is 12.4. The first kappa shape index (κ1) is 18.3. The fraction of sp³-hybridized carbons (Fsp3) is 0.353. The van der Waals surface area contributed by atoms with Gasteiger partial charge in [-0.3, -0.25) is 10.0 Å². The minimum Gasteiger partial charge on any atom is -0.406 e. The third-order valence-electron chi connectivity index (χ3n) is 4.88. The summed E-state index contributed by atoms with van der Waals surface area (Å²) < 4.78 is 41.3. The van der Waals surface area contributed by atoms with Crippen LogP contribution in [-0.2, 0) is 0 Å². The molecule has 2 fully saturated rings. The van der Waals surface area contributed by atoms with Crippen molar-refractivity contribution in [3.63, 3.8) is 0 Å². The second-order valence-electron chi connectivity index (χ2n) is 6.61. The molecular formula is C17H16F3N5O3. The number of hydroxylamine groups is 1. The van der Waals surface area contributed by atoms with Crippen LogP contribution in [0.4, 0.5) is 24.8 Å². The molecule has 4 rings (SSSR count). The molecule has 0 saturated carbocycles. The summed E-state index contributed by atoms with van der Waals surface area (Å²) >= 11 is 0. The molecule has 2 aliphatic rings. The quantitative estimate of drug-likeness (QED) is 0.604. The topological polar surface area (TPSA) is 90.8 Å². The van der Waals surface area contributed by atoms with Crippen LogP contribution in [0.25, 0.3) is 0 Å². The summed E-state index contributed by atoms with van der Waals surface area (Å²) in [5.74, 6) is -0.469. The summed E-state index contributed by atoms with van der Waals surface area (Å²) in [6.45, 7) is 1.23. The summed E-state index contributed by atoms with van der Waals surface area (Å²) in [6, 6.07) is 6.17. The number of amides is 1. The van der Waals surface area contributed by atoms with E-state index in [4.69, 9.17) is 5.21 Å². The van der Waals surface area contributed by atoms with Gasteiger partial charge in [-0.05, 0) is 18.6 Å². The number of hydrogen-bond donors (Lipinski definition) is 2. The minimum atomic E-state index is -4.73. The molecule has 0 radical (unpaired) electrons. The van der Waals surface area contributed by atoms with Crippen molar-refractivity contribution in [1.82, 2.24) is 15.4 Å². The van der Waals surface area contributed by atoms with Crippen molar-refractivity contribution in [2.24, 2.45) is 0 Å². The van der Waals surface area contributed by atoms with Crippen LogP contribution in [0.3, 0.4) is 0 Å². The summed E-state index contributed by atoms with van der Waals surface area (Å²) in [7, 11) is 0. The molecule has 28 heavy (non-hydrogen) atoms. The molecule has 1 amide bonds. The molecule has 2 atom stereocenters. The van der Waals surface area contributed by atoms with Gasteiger partial charge in [-0.25, -0.2) is 15.4 Å². The number of carbonyl (C=O) groups excluding carboxylic acids is 1. The molecule has 2 aliphatic heterocycles. The molecular weight excluding hydrogens is 379 g/mol. The molecule has 0 spiro atoms. The molecule has 8 nitrogen and oxygen atoms in total. The van der Waals surface area contributed by atoms with E-state index in [1.165, 1.54) is 36.1 Å². The van der Waals surface area contributed by atoms with Gasteiger partial charge in [0.15, 0.2) is 0 Å². The zero-order valence-electron chi connectivity index (χ0n) is 14.4. The van der Waals surface area contributed by atoms with Crippen LogP contribution in [0, 0.1) is 0 Å². The fourth-order valence-electron chi connectivity index (χ4n) is 3.74. The monoisotopic (exact) mass is 395 g/mol. The van der Waals surface area contributed by atoms with E-state index >= 15 is 0 Å². The number of piperazine rings is 1. The van der Waals surface area contributed by atoms with E-state index in [-0.39, 0.29) is 23.4 Å². The Bertz CT molecular complexity index is 877. The highest BCUT2D eigenvalue weighted by molar-refractivity contribution is 5.92. The van der Waals surface area contributed by atoms with Crippen molar-refractivity contribution in [3.05, 3.63) is 42.2 Å². The van der Waals surface area contributed by atoms with Gasteiger partial charge in [0, 0.05) is 43.3 Å². The van der Waals surface area contributed by atoms with Crippen LogP contribution >= 0.6 is 0 Å². The van der Waals surface area contributed by atoms with Crippen LogP contribution in [0.15, 0.2) is 36.7 Å². The van der Waals surface area contributed by atoms with E-state index < -0.39 is 12.3 Å². The van der Waals surface area contributed by atoms with Crippen molar-refractivity contribution in [2.75, 3.05) is 22.9 Å². The zero-order chi connectivity index (χ0) is 19.9. The van der Waals surface area contributed by atoms with E-state index in [1.54, 1.807) is 6.07 Å². The Morgan fingerprint density at radius 3 is 2.46 bits per heavy atom. The Morgan fingerprint density at radius 2 is 1.86 bits per heavy atom. The molecule has 2 N–H and O–H groups in total. The molecule has 0 unspecified atom stereocenters. The summed E-state index contributed by atoms with van der Waals surface area (Å²) in [5, 5.41) is 8.63. The van der Waals surface area contributed by atoms with Crippen molar-refractivity contribution in [1.29, 1.82) is 0 Å². The number of fused-ring (bicyclic) bond motifs is 2. The third-order valence-corrected chi connectivity index (χ3v) is 4.88. The van der Waals surface area contributed by atoms with Gasteiger partial charge in [-0.15, -0.1) is 13.2 Å². The fourth-order valence-corrected chi connectivity index (χ4v) is 3.74. The number of nitrogens with zero attached hydrogens (tertiary/aromatic N) is 4. The van der Waals surface area contributed by atoms with Gasteiger partial charge in [0.25, 0.3) is 5.91 Å². The van der Waals surface area contributed by atoms with Gasteiger partial charge in [-0.1, -0.05) is 6.07 Å². The average Bonchev–Trinajstić information content (AvgIpc) is 3.27. The Balaban J connectivity index is 1.46. The largest absolute Gasteiger partial charge is 0.573 e. The highest BCUT2D eigenvalue weighted by Crippen LogP contribution is 2.37. The Morgan fingerprint density at radius 1 is 1.18 bits per heavy atom. The summed E-state index contributed by atoms with van der Waals surface area (Å²) in [4.78, 5) is 23.8. The average molecular weight is 395 g/mol. The number of hydrogen-bond acceptors (Lipinski definition) is 7. The Hall–Kier alpha value is -3.08. The molecule has 1 aromatic heterocycles. The van der Waals surface area contributed by atoms with Gasteiger partial charge in [0.05, 0.1) is 11.6 Å². The summed E-state index contributed by atoms with van der Waals surface area (Å²) in [6.07, 6.45) is -1.24. The predicted molar refractivity (Wildman–Crippen MR) is 91.3 cm³/mol. The molecule has 2 aromatic rings. The number of carbonyl (C=O) groups is 1. The zero-order valence-corrected chi connectivity index (χ0v) is 14.4. The van der Waals surface area contributed by atoms with E-state index in [9.17, 15) is 18.0 Å². The lowest BCUT2D eigenvalue weighted by molar-refractivity contribution is -0.274. The van der Waals surface area contributed by atoms with Gasteiger partial charge >= 0.3 is 6.36 Å². The second kappa shape index (κ2) is 6.82. The molecule has 11 heteroatoms. The standard InChI is InChI=1S/C17H16F3N5O3/c18-17(19,20)28-14-3-1-2-11(5-14)24-8-13-4-12(24)9-25(13)16-21-6-10(7-22-16)15(26)23-27/h1-3,5-7,12-13,27H,4,8-9H2,(H,23,26)/t12-,13-/m1/s1. The number of rotatable bonds is 4. The van der Waals surface area contributed by atoms with Gasteiger partial charge in [0.1, 0.15) is 5.75 Å². The molecule has 3 heterocycles. The van der Waals surface area contributed by atoms with Crippen LogP contribution in [-0.4, -0.2) is 52.6 Å². The first-order valence-electron chi connectivity index (χ1n) is 8.49. The first-order chi connectivity index (χ1) is 13.3. The van der Waals surface area contributed by atoms with Gasteiger partial charge in [0.2, 0.25) is 5.95 Å². The highest BCUT2D eigenvalue weighted by atomic mass is 19.4. The number of alkyl halides is 3. The van der Waals surface area contributed by atoms with Crippen LogP contribution in [0.2, 0.25) is 0 Å². The SMILES string of the molecule is O=C(NO)c1cnc(N2C[C@H]3C[C@@H]2CN3c2cccc(OC(F)(F)F)c2)nc1. The number of anilines is 2. The lowest BCUT2D eigenvalue weighted by Crippen LogP contribution is -2.47. The van der Waals surface area contributed by atoms with Crippen LogP contribution in [0.5, 0.6) is 5.75 Å². The molecule has 1 aromatic carbocycles. The Labute approximate surface area is 157 Å². The number of aromatic nitrogens is 2. The Kier molecular flexibility index (Phi) is 4.46. The molecule has 148 valence electrons. The molecule has 0 aliphatic carbocycles. The van der Waals surface area contributed by atoms with E-state index in [0.29, 0.717) is 24.7 Å². The second-order valence-corrected chi connectivity index (χ2v) is 6.61. The number of benzene rings is 1.